The number of nitrogens with one attached hydrogen (secondary N) is 1. The predicted molar refractivity (Wildman–Crippen MR) is 125 cm³/mol. The van der Waals surface area contributed by atoms with Gasteiger partial charge < -0.3 is 14.5 Å². The van der Waals surface area contributed by atoms with Crippen LogP contribution in [0.2, 0.25) is 0 Å². The molecular weight excluding hydrogens is 416 g/mol. The molecule has 1 amide bonds. The first-order valence-electron chi connectivity index (χ1n) is 10.8. The molecule has 5 rings (SSSR count). The number of amides is 1. The SMILES string of the molecule is O=C(COC(=O)c1c2c(nc3ccccc13)C(=Cc1ccccc1)CC2)NCc1ccco1. The summed E-state index contributed by atoms with van der Waals surface area (Å²) in [5, 5.41) is 3.42. The van der Waals surface area contributed by atoms with Crippen LogP contribution >= 0.6 is 0 Å². The zero-order valence-corrected chi connectivity index (χ0v) is 17.9. The van der Waals surface area contributed by atoms with Crippen molar-refractivity contribution in [1.29, 1.82) is 0 Å². The Morgan fingerprint density at radius 1 is 1.00 bits per heavy atom. The number of rotatable bonds is 6. The normalized spacial score (nSPS) is 13.8. The number of carbonyl (C=O) groups excluding carboxylic acids is 2. The van der Waals surface area contributed by atoms with Gasteiger partial charge in [0.25, 0.3) is 5.91 Å². The second kappa shape index (κ2) is 9.12. The topological polar surface area (TPSA) is 81.4 Å². The Labute approximate surface area is 190 Å². The summed E-state index contributed by atoms with van der Waals surface area (Å²) in [5.74, 6) is -0.274. The molecule has 0 unspecified atom stereocenters. The lowest BCUT2D eigenvalue weighted by Gasteiger charge is -2.12. The fourth-order valence-corrected chi connectivity index (χ4v) is 4.12. The Hall–Kier alpha value is -4.19. The van der Waals surface area contributed by atoms with Gasteiger partial charge in [-0.05, 0) is 53.8 Å². The molecule has 0 aliphatic heterocycles. The molecule has 0 bridgehead atoms. The van der Waals surface area contributed by atoms with Crippen LogP contribution in [-0.2, 0) is 22.5 Å². The van der Waals surface area contributed by atoms with Crippen molar-refractivity contribution in [2.45, 2.75) is 19.4 Å². The smallest absolute Gasteiger partial charge is 0.339 e. The molecule has 0 spiro atoms. The molecule has 0 saturated heterocycles. The first-order chi connectivity index (χ1) is 16.2. The van der Waals surface area contributed by atoms with Gasteiger partial charge in [0.1, 0.15) is 5.76 Å². The van der Waals surface area contributed by atoms with E-state index in [9.17, 15) is 9.59 Å². The highest BCUT2D eigenvalue weighted by Gasteiger charge is 2.27. The van der Waals surface area contributed by atoms with Crippen molar-refractivity contribution < 1.29 is 18.7 Å². The van der Waals surface area contributed by atoms with Gasteiger partial charge in [-0.15, -0.1) is 0 Å². The second-order valence-electron chi connectivity index (χ2n) is 7.84. The van der Waals surface area contributed by atoms with E-state index < -0.39 is 5.97 Å². The van der Waals surface area contributed by atoms with Gasteiger partial charge in [-0.2, -0.15) is 0 Å². The summed E-state index contributed by atoms with van der Waals surface area (Å²) in [6.07, 6.45) is 5.14. The minimum Gasteiger partial charge on any atom is -0.467 e. The summed E-state index contributed by atoms with van der Waals surface area (Å²) in [4.78, 5) is 30.2. The van der Waals surface area contributed by atoms with Gasteiger partial charge in [-0.3, -0.25) is 4.79 Å². The highest BCUT2D eigenvalue weighted by molar-refractivity contribution is 6.07. The average Bonchev–Trinajstić information content (AvgIpc) is 3.51. The van der Waals surface area contributed by atoms with Crippen LogP contribution in [0.1, 0.15) is 39.4 Å². The molecule has 2 aromatic heterocycles. The third-order valence-electron chi connectivity index (χ3n) is 5.66. The van der Waals surface area contributed by atoms with Gasteiger partial charge in [0.2, 0.25) is 0 Å². The summed E-state index contributed by atoms with van der Waals surface area (Å²) in [7, 11) is 0. The van der Waals surface area contributed by atoms with Crippen LogP contribution < -0.4 is 5.32 Å². The average molecular weight is 438 g/mol. The van der Waals surface area contributed by atoms with Gasteiger partial charge >= 0.3 is 5.97 Å². The fraction of sp³-hybridized carbons (Fsp3) is 0.148. The minimum absolute atomic E-state index is 0.241. The molecule has 4 aromatic rings. The van der Waals surface area contributed by atoms with Crippen molar-refractivity contribution in [2.75, 3.05) is 6.61 Å². The van der Waals surface area contributed by atoms with Crippen molar-refractivity contribution in [3.05, 3.63) is 101 Å². The van der Waals surface area contributed by atoms with E-state index >= 15 is 0 Å². The standard InChI is InChI=1S/C27H22N2O4/c30-24(28-16-20-9-6-14-32-20)17-33-27(31)25-21-10-4-5-11-23(21)29-26-19(12-13-22(25)26)15-18-7-2-1-3-8-18/h1-11,14-15H,12-13,16-17H2,(H,28,30). The lowest BCUT2D eigenvalue weighted by Crippen LogP contribution is -2.28. The molecule has 1 aliphatic rings. The number of hydrogen-bond acceptors (Lipinski definition) is 5. The largest absolute Gasteiger partial charge is 0.467 e. The van der Waals surface area contributed by atoms with Crippen molar-refractivity contribution >= 4 is 34.4 Å². The highest BCUT2D eigenvalue weighted by atomic mass is 16.5. The number of aromatic nitrogens is 1. The summed E-state index contributed by atoms with van der Waals surface area (Å²) in [5.41, 5.74) is 5.10. The van der Waals surface area contributed by atoms with E-state index in [0.717, 1.165) is 39.7 Å². The number of hydrogen-bond donors (Lipinski definition) is 1. The summed E-state index contributed by atoms with van der Waals surface area (Å²) >= 11 is 0. The first-order valence-corrected chi connectivity index (χ1v) is 10.8. The third kappa shape index (κ3) is 4.41. The molecule has 2 aromatic carbocycles. The number of nitrogens with zero attached hydrogens (tertiary/aromatic N) is 1. The van der Waals surface area contributed by atoms with Crippen LogP contribution in [0.15, 0.2) is 77.4 Å². The quantitative estimate of drug-likeness (QED) is 0.438. The maximum Gasteiger partial charge on any atom is 0.339 e. The van der Waals surface area contributed by atoms with E-state index in [1.807, 2.05) is 54.6 Å². The second-order valence-corrected chi connectivity index (χ2v) is 7.84. The molecule has 2 heterocycles. The molecular formula is C27H22N2O4. The Bertz CT molecular complexity index is 1340. The summed E-state index contributed by atoms with van der Waals surface area (Å²) < 4.78 is 10.6. The molecule has 1 N–H and O–H groups in total. The number of benzene rings is 2. The van der Waals surface area contributed by atoms with Crippen molar-refractivity contribution in [2.24, 2.45) is 0 Å². The molecule has 0 atom stereocenters. The van der Waals surface area contributed by atoms with Crippen LogP contribution in [0, 0.1) is 0 Å². The maximum absolute atomic E-state index is 13.2. The molecule has 0 radical (unpaired) electrons. The molecule has 6 nitrogen and oxygen atoms in total. The van der Waals surface area contributed by atoms with Gasteiger partial charge in [-0.1, -0.05) is 48.5 Å². The van der Waals surface area contributed by atoms with E-state index in [-0.39, 0.29) is 19.1 Å². The van der Waals surface area contributed by atoms with E-state index in [1.54, 1.807) is 12.1 Å². The van der Waals surface area contributed by atoms with Gasteiger partial charge in [0.05, 0.1) is 29.6 Å². The van der Waals surface area contributed by atoms with Crippen LogP contribution in [0.25, 0.3) is 22.6 Å². The predicted octanol–water partition coefficient (Wildman–Crippen LogP) is 4.79. The number of fused-ring (bicyclic) bond motifs is 2. The Balaban J connectivity index is 1.41. The Morgan fingerprint density at radius 2 is 1.82 bits per heavy atom. The lowest BCUT2D eigenvalue weighted by atomic mass is 10.0. The van der Waals surface area contributed by atoms with Crippen LogP contribution in [0.4, 0.5) is 0 Å². The number of allylic oxidation sites excluding steroid dienone is 1. The van der Waals surface area contributed by atoms with E-state index in [1.165, 1.54) is 6.26 Å². The van der Waals surface area contributed by atoms with Crippen LogP contribution in [0.3, 0.4) is 0 Å². The minimum atomic E-state index is -0.515. The molecule has 164 valence electrons. The van der Waals surface area contributed by atoms with E-state index in [0.29, 0.717) is 17.7 Å². The molecule has 0 fully saturated rings. The number of pyridine rings is 1. The molecule has 0 saturated carbocycles. The maximum atomic E-state index is 13.2. The number of carbonyl (C=O) groups is 2. The van der Waals surface area contributed by atoms with Crippen molar-refractivity contribution in [3.8, 4) is 0 Å². The number of esters is 1. The highest BCUT2D eigenvalue weighted by Crippen LogP contribution is 2.37. The zero-order chi connectivity index (χ0) is 22.6. The number of para-hydroxylation sites is 1. The summed E-state index contributed by atoms with van der Waals surface area (Å²) in [6, 6.07) is 21.1. The number of ether oxygens (including phenoxy) is 1. The number of furan rings is 1. The molecule has 33 heavy (non-hydrogen) atoms. The van der Waals surface area contributed by atoms with Gasteiger partial charge in [-0.25, -0.2) is 9.78 Å². The molecule has 6 heteroatoms. The zero-order valence-electron chi connectivity index (χ0n) is 17.9. The van der Waals surface area contributed by atoms with Gasteiger partial charge in [0.15, 0.2) is 6.61 Å². The first kappa shape index (κ1) is 20.7. The Kier molecular flexibility index (Phi) is 5.72. The summed E-state index contributed by atoms with van der Waals surface area (Å²) in [6.45, 7) is -0.123. The van der Waals surface area contributed by atoms with Crippen molar-refractivity contribution in [3.63, 3.8) is 0 Å². The monoisotopic (exact) mass is 438 g/mol. The third-order valence-corrected chi connectivity index (χ3v) is 5.66. The van der Waals surface area contributed by atoms with E-state index in [4.69, 9.17) is 14.1 Å². The van der Waals surface area contributed by atoms with Gasteiger partial charge in [0, 0.05) is 5.39 Å². The van der Waals surface area contributed by atoms with Crippen LogP contribution in [0.5, 0.6) is 0 Å². The lowest BCUT2D eigenvalue weighted by molar-refractivity contribution is -0.124. The van der Waals surface area contributed by atoms with Crippen molar-refractivity contribution in [1.82, 2.24) is 10.3 Å². The van der Waals surface area contributed by atoms with E-state index in [2.05, 4.69) is 11.4 Å². The van der Waals surface area contributed by atoms with Crippen LogP contribution in [-0.4, -0.2) is 23.5 Å². The Morgan fingerprint density at radius 3 is 2.64 bits per heavy atom. The fourth-order valence-electron chi connectivity index (χ4n) is 4.12. The molecule has 1 aliphatic carbocycles.